The standard InChI is InChI=1S/C19H24N2O3S.CH2O2/c1-21-15-17-8-6-5-7-16(17)13-18(21)14-20-25(22,23)12-11-24-19-9-3-2-4-10-19;2-1-3/h2-10,18,20H,11-15H2,1H3;1H,(H,2,3). The zero-order chi connectivity index (χ0) is 20.4. The molecule has 1 aliphatic rings. The van der Waals surface area contributed by atoms with Crippen LogP contribution < -0.4 is 9.46 Å². The van der Waals surface area contributed by atoms with Crippen LogP contribution in [0.3, 0.4) is 0 Å². The first-order chi connectivity index (χ1) is 13.4. The van der Waals surface area contributed by atoms with Crippen LogP contribution >= 0.6 is 0 Å². The molecule has 8 heteroatoms. The molecule has 7 nitrogen and oxygen atoms in total. The molecule has 152 valence electrons. The summed E-state index contributed by atoms with van der Waals surface area (Å²) in [7, 11) is -1.32. The van der Waals surface area contributed by atoms with Gasteiger partial charge in [-0.1, -0.05) is 42.5 Å². The summed E-state index contributed by atoms with van der Waals surface area (Å²) in [5.74, 6) is 0.635. The van der Waals surface area contributed by atoms with E-state index in [1.165, 1.54) is 11.1 Å². The van der Waals surface area contributed by atoms with Crippen molar-refractivity contribution < 1.29 is 23.1 Å². The number of ether oxygens (including phenoxy) is 1. The highest BCUT2D eigenvalue weighted by Gasteiger charge is 2.24. The van der Waals surface area contributed by atoms with Crippen LogP contribution in [0.1, 0.15) is 11.1 Å². The van der Waals surface area contributed by atoms with Gasteiger partial charge in [0.2, 0.25) is 10.0 Å². The van der Waals surface area contributed by atoms with Crippen LogP contribution in [0.2, 0.25) is 0 Å². The number of sulfonamides is 1. The molecule has 1 atom stereocenters. The van der Waals surface area contributed by atoms with Gasteiger partial charge in [0.15, 0.2) is 0 Å². The first kappa shape index (κ1) is 21.9. The SMILES string of the molecule is CN1Cc2ccccc2CC1CNS(=O)(=O)CCOc1ccccc1.O=CO. The summed E-state index contributed by atoms with van der Waals surface area (Å²) in [5, 5.41) is 6.89. The molecule has 28 heavy (non-hydrogen) atoms. The lowest BCUT2D eigenvalue weighted by atomic mass is 9.95. The number of carboxylic acid groups (broad SMARTS) is 1. The Hall–Kier alpha value is -2.42. The molecular weight excluding hydrogens is 380 g/mol. The highest BCUT2D eigenvalue weighted by Crippen LogP contribution is 2.21. The largest absolute Gasteiger partial charge is 0.492 e. The van der Waals surface area contributed by atoms with Gasteiger partial charge in [0.1, 0.15) is 12.4 Å². The zero-order valence-corrected chi connectivity index (χ0v) is 16.6. The van der Waals surface area contributed by atoms with Crippen molar-refractivity contribution in [2.75, 3.05) is 26.0 Å². The number of hydrogen-bond donors (Lipinski definition) is 2. The first-order valence-electron chi connectivity index (χ1n) is 8.95. The Morgan fingerprint density at radius 2 is 1.75 bits per heavy atom. The number of para-hydroxylation sites is 1. The maximum absolute atomic E-state index is 12.2. The molecule has 1 unspecified atom stereocenters. The van der Waals surface area contributed by atoms with Gasteiger partial charge in [-0.05, 0) is 36.7 Å². The third-order valence-corrected chi connectivity index (χ3v) is 5.83. The fourth-order valence-corrected chi connectivity index (χ4v) is 3.92. The number of carbonyl (C=O) groups is 1. The van der Waals surface area contributed by atoms with Crippen molar-refractivity contribution in [3.05, 3.63) is 65.7 Å². The van der Waals surface area contributed by atoms with E-state index in [1.807, 2.05) is 49.5 Å². The third-order valence-electron chi connectivity index (χ3n) is 4.52. The highest BCUT2D eigenvalue weighted by atomic mass is 32.2. The number of nitrogens with zero attached hydrogens (tertiary/aromatic N) is 1. The number of rotatable bonds is 7. The number of benzene rings is 2. The Labute approximate surface area is 166 Å². The average molecular weight is 407 g/mol. The molecule has 0 fully saturated rings. The van der Waals surface area contributed by atoms with E-state index in [2.05, 4.69) is 21.8 Å². The van der Waals surface area contributed by atoms with Gasteiger partial charge in [0.05, 0.1) is 5.75 Å². The van der Waals surface area contributed by atoms with E-state index >= 15 is 0 Å². The molecule has 1 aliphatic heterocycles. The van der Waals surface area contributed by atoms with Gasteiger partial charge >= 0.3 is 0 Å². The van der Waals surface area contributed by atoms with Crippen LogP contribution in [0.15, 0.2) is 54.6 Å². The smallest absolute Gasteiger partial charge is 0.290 e. The highest BCUT2D eigenvalue weighted by molar-refractivity contribution is 7.89. The van der Waals surface area contributed by atoms with Crippen molar-refractivity contribution >= 4 is 16.5 Å². The minimum absolute atomic E-state index is 0.0467. The van der Waals surface area contributed by atoms with Crippen LogP contribution in [0.5, 0.6) is 5.75 Å². The van der Waals surface area contributed by atoms with Gasteiger partial charge in [0, 0.05) is 19.1 Å². The molecule has 0 aliphatic carbocycles. The molecule has 0 amide bonds. The van der Waals surface area contributed by atoms with Gasteiger partial charge < -0.3 is 9.84 Å². The lowest BCUT2D eigenvalue weighted by molar-refractivity contribution is -0.122. The second-order valence-corrected chi connectivity index (χ2v) is 8.40. The quantitative estimate of drug-likeness (QED) is 0.680. The van der Waals surface area contributed by atoms with Gasteiger partial charge in [-0.3, -0.25) is 9.69 Å². The van der Waals surface area contributed by atoms with E-state index in [-0.39, 0.29) is 24.9 Å². The van der Waals surface area contributed by atoms with Gasteiger partial charge in [0.25, 0.3) is 6.47 Å². The van der Waals surface area contributed by atoms with E-state index in [0.717, 1.165) is 13.0 Å². The molecule has 0 saturated heterocycles. The maximum atomic E-state index is 12.2. The predicted molar refractivity (Wildman–Crippen MR) is 108 cm³/mol. The van der Waals surface area contributed by atoms with Crippen molar-refractivity contribution in [3.8, 4) is 5.75 Å². The fraction of sp³-hybridized carbons (Fsp3) is 0.350. The molecular formula is C20H26N2O5S. The monoisotopic (exact) mass is 406 g/mol. The minimum atomic E-state index is -3.35. The maximum Gasteiger partial charge on any atom is 0.290 e. The summed E-state index contributed by atoms with van der Waals surface area (Å²) in [5.41, 5.74) is 2.62. The predicted octanol–water partition coefficient (Wildman–Crippen LogP) is 1.74. The molecule has 2 aromatic rings. The van der Waals surface area contributed by atoms with Crippen molar-refractivity contribution in [1.29, 1.82) is 0 Å². The van der Waals surface area contributed by atoms with E-state index in [0.29, 0.717) is 12.3 Å². The van der Waals surface area contributed by atoms with Gasteiger partial charge in [-0.15, -0.1) is 0 Å². The molecule has 0 aromatic heterocycles. The lowest BCUT2D eigenvalue weighted by Crippen LogP contribution is -2.46. The molecule has 0 spiro atoms. The van der Waals surface area contributed by atoms with E-state index in [1.54, 1.807) is 0 Å². The van der Waals surface area contributed by atoms with E-state index in [4.69, 9.17) is 14.6 Å². The summed E-state index contributed by atoms with van der Waals surface area (Å²) in [6.07, 6.45) is 0.857. The van der Waals surface area contributed by atoms with Crippen LogP contribution in [0.4, 0.5) is 0 Å². The van der Waals surface area contributed by atoms with Gasteiger partial charge in [-0.25, -0.2) is 13.1 Å². The van der Waals surface area contributed by atoms with E-state index in [9.17, 15) is 8.42 Å². The number of fused-ring (bicyclic) bond motifs is 1. The van der Waals surface area contributed by atoms with Crippen LogP contribution in [-0.2, 0) is 27.8 Å². The average Bonchev–Trinajstić information content (AvgIpc) is 2.68. The second-order valence-electron chi connectivity index (χ2n) is 6.48. The van der Waals surface area contributed by atoms with Crippen LogP contribution in [0.25, 0.3) is 0 Å². The Bertz CT molecular complexity index is 843. The first-order valence-corrected chi connectivity index (χ1v) is 10.6. The Balaban J connectivity index is 0.000000878. The molecule has 1 heterocycles. The molecule has 2 aromatic carbocycles. The number of nitrogens with one attached hydrogen (secondary N) is 1. The van der Waals surface area contributed by atoms with Crippen molar-refractivity contribution in [2.24, 2.45) is 0 Å². The summed E-state index contributed by atoms with van der Waals surface area (Å²) in [4.78, 5) is 10.6. The normalized spacial score (nSPS) is 16.4. The van der Waals surface area contributed by atoms with Crippen molar-refractivity contribution in [2.45, 2.75) is 19.0 Å². The Kier molecular flexibility index (Phi) is 8.43. The Morgan fingerprint density at radius 1 is 1.14 bits per heavy atom. The van der Waals surface area contributed by atoms with Crippen molar-refractivity contribution in [1.82, 2.24) is 9.62 Å². The fourth-order valence-electron chi connectivity index (χ4n) is 3.03. The van der Waals surface area contributed by atoms with E-state index < -0.39 is 10.0 Å². The second kappa shape index (κ2) is 10.8. The molecule has 2 N–H and O–H groups in total. The third kappa shape index (κ3) is 6.95. The summed E-state index contributed by atoms with van der Waals surface area (Å²) in [6.45, 7) is 1.15. The summed E-state index contributed by atoms with van der Waals surface area (Å²) >= 11 is 0. The zero-order valence-electron chi connectivity index (χ0n) is 15.8. The number of hydrogen-bond acceptors (Lipinski definition) is 5. The Morgan fingerprint density at radius 3 is 2.43 bits per heavy atom. The molecule has 0 saturated carbocycles. The topological polar surface area (TPSA) is 95.9 Å². The minimum Gasteiger partial charge on any atom is -0.492 e. The molecule has 3 rings (SSSR count). The molecule has 0 radical (unpaired) electrons. The number of likely N-dealkylation sites (N-methyl/N-ethyl adjacent to an activating group) is 1. The summed E-state index contributed by atoms with van der Waals surface area (Å²) < 4.78 is 32.6. The molecule has 0 bridgehead atoms. The van der Waals surface area contributed by atoms with Gasteiger partial charge in [-0.2, -0.15) is 0 Å². The van der Waals surface area contributed by atoms with Crippen molar-refractivity contribution in [3.63, 3.8) is 0 Å². The van der Waals surface area contributed by atoms with Crippen LogP contribution in [0, 0.1) is 0 Å². The summed E-state index contributed by atoms with van der Waals surface area (Å²) in [6, 6.07) is 17.7. The van der Waals surface area contributed by atoms with Crippen LogP contribution in [-0.4, -0.2) is 56.9 Å². The lowest BCUT2D eigenvalue weighted by Gasteiger charge is -2.34.